The molecule has 154 valence electrons. The molecule has 0 aromatic carbocycles. The van der Waals surface area contributed by atoms with Gasteiger partial charge in [0.1, 0.15) is 6.33 Å². The van der Waals surface area contributed by atoms with Crippen LogP contribution in [0.15, 0.2) is 18.7 Å². The third-order valence-corrected chi connectivity index (χ3v) is 5.24. The summed E-state index contributed by atoms with van der Waals surface area (Å²) in [6.07, 6.45) is 14.9. The van der Waals surface area contributed by atoms with Gasteiger partial charge >= 0.3 is 6.03 Å². The summed E-state index contributed by atoms with van der Waals surface area (Å²) in [6, 6.07) is -0.0938. The van der Waals surface area contributed by atoms with Crippen molar-refractivity contribution in [2.75, 3.05) is 52.4 Å². The fourth-order valence-electron chi connectivity index (χ4n) is 3.62. The van der Waals surface area contributed by atoms with Crippen LogP contribution in [-0.4, -0.2) is 77.7 Å². The lowest BCUT2D eigenvalue weighted by atomic mass is 10.3. The lowest BCUT2D eigenvalue weighted by Crippen LogP contribution is -2.29. The number of nitrogens with one attached hydrogen (secondary N) is 1. The molecule has 0 saturated carbocycles. The number of carbonyl (C=O) groups excluding carboxylic acids is 1. The lowest BCUT2D eigenvalue weighted by Gasteiger charge is -2.13. The Morgan fingerprint density at radius 3 is 2.04 bits per heavy atom. The van der Waals surface area contributed by atoms with Gasteiger partial charge in [-0.05, 0) is 97.2 Å². The van der Waals surface area contributed by atoms with Crippen LogP contribution in [0.1, 0.15) is 51.4 Å². The van der Waals surface area contributed by atoms with Crippen LogP contribution >= 0.6 is 0 Å². The molecular weight excluding hydrogens is 340 g/mol. The Morgan fingerprint density at radius 2 is 1.52 bits per heavy atom. The van der Waals surface area contributed by atoms with Gasteiger partial charge in [0.25, 0.3) is 0 Å². The molecule has 2 aliphatic rings. The van der Waals surface area contributed by atoms with Crippen LogP contribution in [0.5, 0.6) is 0 Å². The maximum Gasteiger partial charge on any atom is 0.326 e. The second-order valence-electron chi connectivity index (χ2n) is 7.50. The van der Waals surface area contributed by atoms with E-state index in [9.17, 15) is 4.79 Å². The summed E-state index contributed by atoms with van der Waals surface area (Å²) in [4.78, 5) is 20.4. The van der Waals surface area contributed by atoms with Crippen LogP contribution < -0.4 is 11.1 Å². The molecule has 0 aliphatic carbocycles. The summed E-state index contributed by atoms with van der Waals surface area (Å²) < 4.78 is 1.46. The fraction of sp³-hybridized carbons (Fsp3) is 0.800. The van der Waals surface area contributed by atoms with Crippen LogP contribution in [-0.2, 0) is 0 Å². The third-order valence-electron chi connectivity index (χ3n) is 5.24. The van der Waals surface area contributed by atoms with Crippen molar-refractivity contribution in [3.05, 3.63) is 18.7 Å². The first-order valence-electron chi connectivity index (χ1n) is 10.7. The standard InChI is InChI=1S/C12H20N4O.C8H18N2/c17-12(16-10-6-13-11-16)14-5-1-2-7-15-8-3-4-9-15;9-5-1-2-6-10-7-3-4-8-10/h6,10-11H,1-5,7-9H2,(H,14,17);1-9H2. The molecule has 2 saturated heterocycles. The largest absolute Gasteiger partial charge is 0.337 e. The summed E-state index contributed by atoms with van der Waals surface area (Å²) in [5, 5.41) is 2.88. The first-order chi connectivity index (χ1) is 13.3. The van der Waals surface area contributed by atoms with E-state index in [1.165, 1.54) is 88.7 Å². The fourth-order valence-corrected chi connectivity index (χ4v) is 3.62. The number of aromatic nitrogens is 2. The Kier molecular flexibility index (Phi) is 11.1. The van der Waals surface area contributed by atoms with Gasteiger partial charge < -0.3 is 20.9 Å². The second kappa shape index (κ2) is 13.7. The van der Waals surface area contributed by atoms with Crippen molar-refractivity contribution in [1.29, 1.82) is 0 Å². The number of hydrogen-bond donors (Lipinski definition) is 2. The van der Waals surface area contributed by atoms with Crippen molar-refractivity contribution in [3.8, 4) is 0 Å². The third kappa shape index (κ3) is 9.35. The van der Waals surface area contributed by atoms with Gasteiger partial charge in [-0.3, -0.25) is 4.57 Å². The molecule has 1 aromatic heterocycles. The van der Waals surface area contributed by atoms with Gasteiger partial charge in [-0.15, -0.1) is 0 Å². The minimum Gasteiger partial charge on any atom is -0.337 e. The van der Waals surface area contributed by atoms with E-state index in [-0.39, 0.29) is 6.03 Å². The molecule has 3 N–H and O–H groups in total. The monoisotopic (exact) mass is 378 g/mol. The Morgan fingerprint density at radius 1 is 0.926 bits per heavy atom. The first kappa shape index (κ1) is 21.9. The summed E-state index contributed by atoms with van der Waals surface area (Å²) in [7, 11) is 0. The van der Waals surface area contributed by atoms with Gasteiger partial charge in [-0.1, -0.05) is 0 Å². The van der Waals surface area contributed by atoms with Crippen molar-refractivity contribution in [3.63, 3.8) is 0 Å². The molecule has 27 heavy (non-hydrogen) atoms. The number of carbonyl (C=O) groups is 1. The van der Waals surface area contributed by atoms with E-state index < -0.39 is 0 Å². The molecule has 3 heterocycles. The van der Waals surface area contributed by atoms with Gasteiger partial charge in [0.05, 0.1) is 0 Å². The molecule has 3 rings (SSSR count). The zero-order chi connectivity index (χ0) is 19.2. The van der Waals surface area contributed by atoms with E-state index in [0.29, 0.717) is 0 Å². The van der Waals surface area contributed by atoms with Gasteiger partial charge in [-0.2, -0.15) is 0 Å². The van der Waals surface area contributed by atoms with E-state index in [2.05, 4.69) is 20.1 Å². The van der Waals surface area contributed by atoms with Crippen LogP contribution in [0.3, 0.4) is 0 Å². The second-order valence-corrected chi connectivity index (χ2v) is 7.50. The van der Waals surface area contributed by atoms with Crippen molar-refractivity contribution in [2.24, 2.45) is 5.73 Å². The molecule has 7 nitrogen and oxygen atoms in total. The predicted molar refractivity (Wildman–Crippen MR) is 110 cm³/mol. The van der Waals surface area contributed by atoms with Gasteiger partial charge in [0.2, 0.25) is 0 Å². The Hall–Kier alpha value is -1.44. The number of nitrogens with zero attached hydrogens (tertiary/aromatic N) is 4. The topological polar surface area (TPSA) is 79.4 Å². The Labute approximate surface area is 164 Å². The average Bonchev–Trinajstić information content (AvgIpc) is 3.44. The highest BCUT2D eigenvalue weighted by Crippen LogP contribution is 2.08. The molecule has 0 spiro atoms. The number of nitrogens with two attached hydrogens (primary N) is 1. The zero-order valence-corrected chi connectivity index (χ0v) is 16.8. The lowest BCUT2D eigenvalue weighted by molar-refractivity contribution is 0.241. The summed E-state index contributed by atoms with van der Waals surface area (Å²) in [5.41, 5.74) is 5.39. The Balaban J connectivity index is 0.000000223. The van der Waals surface area contributed by atoms with Gasteiger partial charge in [0.15, 0.2) is 0 Å². The number of imidazole rings is 1. The molecule has 2 fully saturated rings. The maximum atomic E-state index is 11.5. The number of amides is 1. The highest BCUT2D eigenvalue weighted by Gasteiger charge is 2.10. The van der Waals surface area contributed by atoms with Crippen molar-refractivity contribution in [1.82, 2.24) is 24.7 Å². The highest BCUT2D eigenvalue weighted by atomic mass is 16.2. The predicted octanol–water partition coefficient (Wildman–Crippen LogP) is 2.14. The molecule has 0 atom stereocenters. The molecule has 0 radical (unpaired) electrons. The van der Waals surface area contributed by atoms with Crippen LogP contribution in [0.25, 0.3) is 0 Å². The maximum absolute atomic E-state index is 11.5. The molecule has 1 aromatic rings. The number of hydrogen-bond acceptors (Lipinski definition) is 5. The average molecular weight is 379 g/mol. The summed E-state index contributed by atoms with van der Waals surface area (Å²) in [6.45, 7) is 9.19. The van der Waals surface area contributed by atoms with E-state index in [0.717, 1.165) is 25.9 Å². The summed E-state index contributed by atoms with van der Waals surface area (Å²) >= 11 is 0. The minimum absolute atomic E-state index is 0.0938. The first-order valence-corrected chi connectivity index (χ1v) is 10.7. The quantitative estimate of drug-likeness (QED) is 0.644. The zero-order valence-electron chi connectivity index (χ0n) is 16.8. The van der Waals surface area contributed by atoms with Crippen molar-refractivity contribution < 1.29 is 4.79 Å². The number of likely N-dealkylation sites (tertiary alicyclic amines) is 2. The molecule has 1 amide bonds. The van der Waals surface area contributed by atoms with Crippen LogP contribution in [0, 0.1) is 0 Å². The Bertz CT molecular complexity index is 481. The van der Waals surface area contributed by atoms with E-state index in [4.69, 9.17) is 5.73 Å². The molecule has 2 aliphatic heterocycles. The van der Waals surface area contributed by atoms with Crippen LogP contribution in [0.2, 0.25) is 0 Å². The van der Waals surface area contributed by atoms with Crippen molar-refractivity contribution >= 4 is 6.03 Å². The molecular formula is C20H38N6O. The van der Waals surface area contributed by atoms with Crippen molar-refractivity contribution in [2.45, 2.75) is 51.4 Å². The van der Waals surface area contributed by atoms with E-state index in [1.807, 2.05) is 0 Å². The highest BCUT2D eigenvalue weighted by molar-refractivity contribution is 5.76. The number of unbranched alkanes of at least 4 members (excludes halogenated alkanes) is 2. The normalized spacial score (nSPS) is 17.7. The van der Waals surface area contributed by atoms with E-state index >= 15 is 0 Å². The summed E-state index contributed by atoms with van der Waals surface area (Å²) in [5.74, 6) is 0. The molecule has 7 heteroatoms. The minimum atomic E-state index is -0.0938. The van der Waals surface area contributed by atoms with Crippen LogP contribution in [0.4, 0.5) is 4.79 Å². The smallest absolute Gasteiger partial charge is 0.326 e. The molecule has 0 unspecified atom stereocenters. The van der Waals surface area contributed by atoms with Gasteiger partial charge in [0, 0.05) is 18.9 Å². The number of rotatable bonds is 9. The van der Waals surface area contributed by atoms with E-state index in [1.54, 1.807) is 12.4 Å². The molecule has 0 bridgehead atoms. The van der Waals surface area contributed by atoms with Gasteiger partial charge in [-0.25, -0.2) is 9.78 Å². The SMILES string of the molecule is NCCCCN1CCCC1.O=C(NCCCCN1CCCC1)n1ccnc1.